The Morgan fingerprint density at radius 2 is 0.791 bits per heavy atom. The molecular formula is C37H24N4O2. The highest BCUT2D eigenvalue weighted by molar-refractivity contribution is 5.82. The molecule has 0 bridgehead atoms. The van der Waals surface area contributed by atoms with Gasteiger partial charge >= 0.3 is 0 Å². The molecular weight excluding hydrogens is 532 g/mol. The van der Waals surface area contributed by atoms with Crippen LogP contribution in [0.15, 0.2) is 155 Å². The smallest absolute Gasteiger partial charge is 0.227 e. The van der Waals surface area contributed by atoms with Gasteiger partial charge in [-0.3, -0.25) is 4.98 Å². The largest absolute Gasteiger partial charge is 0.436 e. The first-order valence-electron chi connectivity index (χ1n) is 14.0. The molecule has 0 spiro atoms. The van der Waals surface area contributed by atoms with Crippen LogP contribution in [-0.4, -0.2) is 15.0 Å². The van der Waals surface area contributed by atoms with Crippen molar-refractivity contribution in [3.05, 3.63) is 146 Å². The molecule has 6 heteroatoms. The van der Waals surface area contributed by atoms with Gasteiger partial charge in [0.15, 0.2) is 11.2 Å². The average Bonchev–Trinajstić information content (AvgIpc) is 3.71. The molecule has 0 aliphatic carbocycles. The Morgan fingerprint density at radius 1 is 0.395 bits per heavy atom. The number of pyridine rings is 1. The van der Waals surface area contributed by atoms with E-state index in [0.717, 1.165) is 61.5 Å². The van der Waals surface area contributed by atoms with Crippen LogP contribution >= 0.6 is 0 Å². The summed E-state index contributed by atoms with van der Waals surface area (Å²) >= 11 is 0. The van der Waals surface area contributed by atoms with Crippen LogP contribution in [0.1, 0.15) is 0 Å². The lowest BCUT2D eigenvalue weighted by Crippen LogP contribution is -2.09. The Labute approximate surface area is 247 Å². The third kappa shape index (κ3) is 4.71. The summed E-state index contributed by atoms with van der Waals surface area (Å²) in [4.78, 5) is 15.7. The SMILES string of the molecule is c1ccc2oc(-c3ccc(N(c4ccc(-c5ccncc5)cc4)c4ccc(-c5nc6ccccc6o5)cc4)cc3)nc2c1. The van der Waals surface area contributed by atoms with Gasteiger partial charge in [0.1, 0.15) is 11.0 Å². The van der Waals surface area contributed by atoms with E-state index in [1.165, 1.54) is 0 Å². The molecule has 0 saturated carbocycles. The number of para-hydroxylation sites is 4. The van der Waals surface area contributed by atoms with Crippen LogP contribution < -0.4 is 4.90 Å². The van der Waals surface area contributed by atoms with E-state index < -0.39 is 0 Å². The van der Waals surface area contributed by atoms with Crippen molar-refractivity contribution in [2.75, 3.05) is 4.90 Å². The monoisotopic (exact) mass is 556 g/mol. The maximum atomic E-state index is 6.01. The van der Waals surface area contributed by atoms with Crippen LogP contribution in [0.2, 0.25) is 0 Å². The molecule has 0 amide bonds. The molecule has 3 aromatic heterocycles. The summed E-state index contributed by atoms with van der Waals surface area (Å²) in [5, 5.41) is 0. The lowest BCUT2D eigenvalue weighted by Gasteiger charge is -2.26. The van der Waals surface area contributed by atoms with Gasteiger partial charge < -0.3 is 13.7 Å². The van der Waals surface area contributed by atoms with Crippen molar-refractivity contribution in [3.63, 3.8) is 0 Å². The Balaban J connectivity index is 1.17. The molecule has 8 rings (SSSR count). The number of anilines is 3. The Bertz CT molecular complexity index is 1980. The van der Waals surface area contributed by atoms with Crippen LogP contribution in [0.25, 0.3) is 56.2 Å². The Morgan fingerprint density at radius 3 is 1.23 bits per heavy atom. The summed E-state index contributed by atoms with van der Waals surface area (Å²) in [5.41, 5.74) is 10.4. The Hall–Kier alpha value is -6.01. The van der Waals surface area contributed by atoms with E-state index >= 15 is 0 Å². The second kappa shape index (κ2) is 10.4. The van der Waals surface area contributed by atoms with Crippen molar-refractivity contribution in [1.82, 2.24) is 15.0 Å². The molecule has 6 nitrogen and oxygen atoms in total. The van der Waals surface area contributed by atoms with Crippen molar-refractivity contribution in [3.8, 4) is 34.0 Å². The fourth-order valence-electron chi connectivity index (χ4n) is 5.29. The zero-order valence-corrected chi connectivity index (χ0v) is 23.0. The van der Waals surface area contributed by atoms with E-state index in [4.69, 9.17) is 8.83 Å². The lowest BCUT2D eigenvalue weighted by molar-refractivity contribution is 0.619. The van der Waals surface area contributed by atoms with E-state index in [-0.39, 0.29) is 0 Å². The summed E-state index contributed by atoms with van der Waals surface area (Å²) in [7, 11) is 0. The quantitative estimate of drug-likeness (QED) is 0.203. The van der Waals surface area contributed by atoms with Crippen LogP contribution in [0.5, 0.6) is 0 Å². The van der Waals surface area contributed by atoms with Gasteiger partial charge in [-0.15, -0.1) is 0 Å². The van der Waals surface area contributed by atoms with Crippen LogP contribution in [0.3, 0.4) is 0 Å². The van der Waals surface area contributed by atoms with E-state index in [9.17, 15) is 0 Å². The van der Waals surface area contributed by atoms with Crippen molar-refractivity contribution in [2.24, 2.45) is 0 Å². The fourth-order valence-corrected chi connectivity index (χ4v) is 5.29. The summed E-state index contributed by atoms with van der Waals surface area (Å²) in [6, 6.07) is 44.7. The van der Waals surface area contributed by atoms with Crippen LogP contribution in [0, 0.1) is 0 Å². The number of oxazole rings is 2. The highest BCUT2D eigenvalue weighted by atomic mass is 16.4. The van der Waals surface area contributed by atoms with Gasteiger partial charge in [-0.05, 0) is 108 Å². The Kier molecular flexibility index (Phi) is 6.01. The third-order valence-electron chi connectivity index (χ3n) is 7.47. The van der Waals surface area contributed by atoms with E-state index in [0.29, 0.717) is 11.8 Å². The first-order chi connectivity index (χ1) is 21.3. The van der Waals surface area contributed by atoms with E-state index in [2.05, 4.69) is 68.4 Å². The molecule has 0 fully saturated rings. The molecule has 0 aliphatic heterocycles. The van der Waals surface area contributed by atoms with Gasteiger partial charge in [0, 0.05) is 40.6 Å². The van der Waals surface area contributed by atoms with Crippen LogP contribution in [-0.2, 0) is 0 Å². The standard InChI is InChI=1S/C37H24N4O2/c1-3-7-34-32(5-1)39-36(42-34)27-11-17-30(18-12-27)41(29-15-9-25(10-16-29)26-21-23-38-24-22-26)31-19-13-28(14-20-31)37-40-33-6-2-4-8-35(33)43-37/h1-24H. The molecule has 0 aliphatic rings. The third-order valence-corrected chi connectivity index (χ3v) is 7.47. The maximum absolute atomic E-state index is 6.01. The number of hydrogen-bond donors (Lipinski definition) is 0. The molecule has 3 heterocycles. The van der Waals surface area contributed by atoms with Crippen molar-refractivity contribution < 1.29 is 8.83 Å². The molecule has 204 valence electrons. The minimum Gasteiger partial charge on any atom is -0.436 e. The van der Waals surface area contributed by atoms with E-state index in [1.54, 1.807) is 0 Å². The number of rotatable bonds is 6. The predicted molar refractivity (Wildman–Crippen MR) is 170 cm³/mol. The number of nitrogens with zero attached hydrogens (tertiary/aromatic N) is 4. The molecule has 8 aromatic rings. The van der Waals surface area contributed by atoms with Gasteiger partial charge in [-0.1, -0.05) is 36.4 Å². The van der Waals surface area contributed by atoms with Gasteiger partial charge in [0.25, 0.3) is 0 Å². The number of hydrogen-bond acceptors (Lipinski definition) is 6. The second-order valence-corrected chi connectivity index (χ2v) is 10.2. The fraction of sp³-hybridized carbons (Fsp3) is 0. The zero-order chi connectivity index (χ0) is 28.6. The summed E-state index contributed by atoms with van der Waals surface area (Å²) in [5.74, 6) is 1.20. The zero-order valence-electron chi connectivity index (χ0n) is 23.0. The van der Waals surface area contributed by atoms with Crippen molar-refractivity contribution >= 4 is 39.3 Å². The predicted octanol–water partition coefficient (Wildman–Crippen LogP) is 9.83. The molecule has 0 N–H and O–H groups in total. The van der Waals surface area contributed by atoms with Crippen molar-refractivity contribution in [1.29, 1.82) is 0 Å². The molecule has 0 saturated heterocycles. The molecule has 0 radical (unpaired) electrons. The van der Waals surface area contributed by atoms with Gasteiger partial charge in [0.2, 0.25) is 11.8 Å². The minimum atomic E-state index is 0.601. The first kappa shape index (κ1) is 24.8. The highest BCUT2D eigenvalue weighted by Crippen LogP contribution is 2.38. The first-order valence-corrected chi connectivity index (χ1v) is 14.0. The number of benzene rings is 5. The molecule has 43 heavy (non-hydrogen) atoms. The van der Waals surface area contributed by atoms with Crippen LogP contribution in [0.4, 0.5) is 17.1 Å². The number of fused-ring (bicyclic) bond motifs is 2. The summed E-state index contributed by atoms with van der Waals surface area (Å²) < 4.78 is 12.0. The molecule has 0 unspecified atom stereocenters. The van der Waals surface area contributed by atoms with E-state index in [1.807, 2.05) is 97.3 Å². The minimum absolute atomic E-state index is 0.601. The topological polar surface area (TPSA) is 68.2 Å². The highest BCUT2D eigenvalue weighted by Gasteiger charge is 2.16. The van der Waals surface area contributed by atoms with Gasteiger partial charge in [-0.25, -0.2) is 9.97 Å². The van der Waals surface area contributed by atoms with Gasteiger partial charge in [0.05, 0.1) is 0 Å². The summed E-state index contributed by atoms with van der Waals surface area (Å²) in [6.07, 6.45) is 3.62. The normalized spacial score (nSPS) is 11.3. The lowest BCUT2D eigenvalue weighted by atomic mass is 10.1. The van der Waals surface area contributed by atoms with Gasteiger partial charge in [-0.2, -0.15) is 0 Å². The number of aromatic nitrogens is 3. The molecule has 0 atom stereocenters. The second-order valence-electron chi connectivity index (χ2n) is 10.2. The average molecular weight is 557 g/mol. The molecule has 5 aromatic carbocycles. The maximum Gasteiger partial charge on any atom is 0.227 e. The van der Waals surface area contributed by atoms with Crippen molar-refractivity contribution in [2.45, 2.75) is 0 Å². The summed E-state index contributed by atoms with van der Waals surface area (Å²) in [6.45, 7) is 0.